The van der Waals surface area contributed by atoms with Gasteiger partial charge in [0.25, 0.3) is 0 Å². The Morgan fingerprint density at radius 3 is 2.77 bits per heavy atom. The fourth-order valence-corrected chi connectivity index (χ4v) is 2.80. The number of rotatable bonds is 6. The normalized spacial score (nSPS) is 18.0. The van der Waals surface area contributed by atoms with E-state index in [1.54, 1.807) is 0 Å². The summed E-state index contributed by atoms with van der Waals surface area (Å²) in [5, 5.41) is 6.44. The molecule has 1 aliphatic rings. The second-order valence-corrected chi connectivity index (χ2v) is 6.07. The van der Waals surface area contributed by atoms with Crippen molar-refractivity contribution in [2.24, 2.45) is 0 Å². The molecule has 22 heavy (non-hydrogen) atoms. The number of hydrogen-bond donors (Lipinski definition) is 2. The van der Waals surface area contributed by atoms with Crippen molar-refractivity contribution in [3.63, 3.8) is 0 Å². The molecule has 1 aliphatic heterocycles. The Morgan fingerprint density at radius 2 is 2.05 bits per heavy atom. The molecule has 0 radical (unpaired) electrons. The summed E-state index contributed by atoms with van der Waals surface area (Å²) in [6, 6.07) is 10.5. The SMILES string of the molecule is CN(C)C(CNC(=O)CN1CCCNCC1)c1ccccc1. The molecule has 0 bridgehead atoms. The average molecular weight is 304 g/mol. The van der Waals surface area contributed by atoms with Crippen LogP contribution in [0.4, 0.5) is 0 Å². The van der Waals surface area contributed by atoms with Crippen LogP contribution in [-0.2, 0) is 4.79 Å². The van der Waals surface area contributed by atoms with E-state index in [1.165, 1.54) is 5.56 Å². The standard InChI is InChI=1S/C17H28N4O/c1-20(2)16(15-7-4-3-5-8-15)13-19-17(22)14-21-11-6-9-18-10-12-21/h3-5,7-8,16,18H,6,9-14H2,1-2H3,(H,19,22). The minimum absolute atomic E-state index is 0.115. The minimum Gasteiger partial charge on any atom is -0.353 e. The van der Waals surface area contributed by atoms with E-state index in [-0.39, 0.29) is 11.9 Å². The molecule has 1 aromatic carbocycles. The molecule has 1 heterocycles. The third-order valence-electron chi connectivity index (χ3n) is 4.10. The molecule has 5 heteroatoms. The molecule has 0 aromatic heterocycles. The maximum absolute atomic E-state index is 12.2. The molecule has 0 saturated carbocycles. The van der Waals surface area contributed by atoms with E-state index < -0.39 is 0 Å². The highest BCUT2D eigenvalue weighted by Crippen LogP contribution is 2.16. The van der Waals surface area contributed by atoms with Crippen molar-refractivity contribution in [1.82, 2.24) is 20.4 Å². The minimum atomic E-state index is 0.115. The Kier molecular flexibility index (Phi) is 6.83. The van der Waals surface area contributed by atoms with Gasteiger partial charge in [-0.25, -0.2) is 0 Å². The summed E-state index contributed by atoms with van der Waals surface area (Å²) in [5.41, 5.74) is 1.23. The van der Waals surface area contributed by atoms with Gasteiger partial charge in [-0.15, -0.1) is 0 Å². The lowest BCUT2D eigenvalue weighted by Crippen LogP contribution is -2.41. The van der Waals surface area contributed by atoms with Gasteiger partial charge in [-0.3, -0.25) is 9.69 Å². The van der Waals surface area contributed by atoms with Gasteiger partial charge in [0, 0.05) is 19.6 Å². The van der Waals surface area contributed by atoms with Gasteiger partial charge in [-0.1, -0.05) is 30.3 Å². The zero-order valence-electron chi connectivity index (χ0n) is 13.7. The first-order valence-electron chi connectivity index (χ1n) is 8.08. The third kappa shape index (κ3) is 5.40. The van der Waals surface area contributed by atoms with E-state index in [9.17, 15) is 4.79 Å². The van der Waals surface area contributed by atoms with Crippen molar-refractivity contribution < 1.29 is 4.79 Å². The monoisotopic (exact) mass is 304 g/mol. The van der Waals surface area contributed by atoms with Gasteiger partial charge in [0.2, 0.25) is 5.91 Å². The summed E-state index contributed by atoms with van der Waals surface area (Å²) >= 11 is 0. The lowest BCUT2D eigenvalue weighted by atomic mass is 10.1. The van der Waals surface area contributed by atoms with Crippen molar-refractivity contribution in [2.45, 2.75) is 12.5 Å². The zero-order valence-corrected chi connectivity index (χ0v) is 13.7. The number of carbonyl (C=O) groups excluding carboxylic acids is 1. The van der Waals surface area contributed by atoms with E-state index in [4.69, 9.17) is 0 Å². The van der Waals surface area contributed by atoms with Gasteiger partial charge in [0.1, 0.15) is 0 Å². The molecule has 122 valence electrons. The van der Waals surface area contributed by atoms with Crippen LogP contribution < -0.4 is 10.6 Å². The molecule has 1 amide bonds. The molecular weight excluding hydrogens is 276 g/mol. The van der Waals surface area contributed by atoms with Crippen LogP contribution in [-0.4, -0.2) is 69.1 Å². The number of carbonyl (C=O) groups is 1. The summed E-state index contributed by atoms with van der Waals surface area (Å²) in [6.07, 6.45) is 1.11. The highest BCUT2D eigenvalue weighted by atomic mass is 16.2. The summed E-state index contributed by atoms with van der Waals surface area (Å²) in [5.74, 6) is 0.115. The van der Waals surface area contributed by atoms with Crippen LogP contribution in [0.1, 0.15) is 18.0 Å². The molecule has 1 unspecified atom stereocenters. The number of nitrogens with one attached hydrogen (secondary N) is 2. The summed E-state index contributed by atoms with van der Waals surface area (Å²) in [7, 11) is 4.09. The van der Waals surface area contributed by atoms with Gasteiger partial charge in [0.15, 0.2) is 0 Å². The molecule has 1 saturated heterocycles. The van der Waals surface area contributed by atoms with Crippen LogP contribution in [0.2, 0.25) is 0 Å². The van der Waals surface area contributed by atoms with Crippen molar-refractivity contribution >= 4 is 5.91 Å². The molecule has 2 rings (SSSR count). The fraction of sp³-hybridized carbons (Fsp3) is 0.588. The highest BCUT2D eigenvalue weighted by molar-refractivity contribution is 5.78. The Labute approximate surface area is 133 Å². The predicted molar refractivity (Wildman–Crippen MR) is 89.8 cm³/mol. The largest absolute Gasteiger partial charge is 0.353 e. The van der Waals surface area contributed by atoms with Crippen LogP contribution in [0.3, 0.4) is 0 Å². The van der Waals surface area contributed by atoms with E-state index in [2.05, 4.69) is 32.6 Å². The van der Waals surface area contributed by atoms with Crippen molar-refractivity contribution in [1.29, 1.82) is 0 Å². The van der Waals surface area contributed by atoms with E-state index in [1.807, 2.05) is 32.3 Å². The molecule has 2 N–H and O–H groups in total. The topological polar surface area (TPSA) is 47.6 Å². The van der Waals surface area contributed by atoms with Crippen molar-refractivity contribution in [3.05, 3.63) is 35.9 Å². The first-order chi connectivity index (χ1) is 10.7. The second-order valence-electron chi connectivity index (χ2n) is 6.07. The van der Waals surface area contributed by atoms with Gasteiger partial charge < -0.3 is 15.5 Å². The summed E-state index contributed by atoms with van der Waals surface area (Å²) in [4.78, 5) is 16.6. The molecule has 1 atom stereocenters. The third-order valence-corrected chi connectivity index (χ3v) is 4.10. The highest BCUT2D eigenvalue weighted by Gasteiger charge is 2.17. The zero-order chi connectivity index (χ0) is 15.8. The number of likely N-dealkylation sites (N-methyl/N-ethyl adjacent to an activating group) is 1. The average Bonchev–Trinajstić information content (AvgIpc) is 2.77. The summed E-state index contributed by atoms with van der Waals surface area (Å²) < 4.78 is 0. The van der Waals surface area contributed by atoms with E-state index in [0.29, 0.717) is 13.1 Å². The molecule has 0 aliphatic carbocycles. The molecular formula is C17H28N4O. The van der Waals surface area contributed by atoms with E-state index in [0.717, 1.165) is 32.6 Å². The fourth-order valence-electron chi connectivity index (χ4n) is 2.80. The van der Waals surface area contributed by atoms with Crippen molar-refractivity contribution in [3.8, 4) is 0 Å². The van der Waals surface area contributed by atoms with Gasteiger partial charge in [-0.05, 0) is 39.2 Å². The second kappa shape index (κ2) is 8.88. The Bertz CT molecular complexity index is 441. The van der Waals surface area contributed by atoms with Crippen LogP contribution in [0.5, 0.6) is 0 Å². The smallest absolute Gasteiger partial charge is 0.234 e. The lowest BCUT2D eigenvalue weighted by molar-refractivity contribution is -0.122. The Morgan fingerprint density at radius 1 is 1.27 bits per heavy atom. The Hall–Kier alpha value is -1.43. The maximum Gasteiger partial charge on any atom is 0.234 e. The number of amides is 1. The van der Waals surface area contributed by atoms with Crippen LogP contribution in [0, 0.1) is 0 Å². The molecule has 0 spiro atoms. The number of benzene rings is 1. The number of hydrogen-bond acceptors (Lipinski definition) is 4. The quantitative estimate of drug-likeness (QED) is 0.812. The molecule has 5 nitrogen and oxygen atoms in total. The predicted octanol–water partition coefficient (Wildman–Crippen LogP) is 0.701. The Balaban J connectivity index is 1.82. The maximum atomic E-state index is 12.2. The van der Waals surface area contributed by atoms with Crippen LogP contribution >= 0.6 is 0 Å². The van der Waals surface area contributed by atoms with Gasteiger partial charge in [0.05, 0.1) is 12.6 Å². The number of nitrogens with zero attached hydrogens (tertiary/aromatic N) is 2. The van der Waals surface area contributed by atoms with E-state index >= 15 is 0 Å². The van der Waals surface area contributed by atoms with Crippen LogP contribution in [0.15, 0.2) is 30.3 Å². The lowest BCUT2D eigenvalue weighted by Gasteiger charge is -2.26. The van der Waals surface area contributed by atoms with Gasteiger partial charge in [-0.2, -0.15) is 0 Å². The summed E-state index contributed by atoms with van der Waals surface area (Å²) in [6.45, 7) is 5.10. The first kappa shape index (κ1) is 16.9. The molecule has 1 aromatic rings. The van der Waals surface area contributed by atoms with Gasteiger partial charge >= 0.3 is 0 Å². The van der Waals surface area contributed by atoms with Crippen molar-refractivity contribution in [2.75, 3.05) is 53.4 Å². The molecule has 1 fully saturated rings. The first-order valence-corrected chi connectivity index (χ1v) is 8.08. The van der Waals surface area contributed by atoms with Crippen LogP contribution in [0.25, 0.3) is 0 Å².